The van der Waals surface area contributed by atoms with Crippen LogP contribution in [0, 0.1) is 0 Å². The molecule has 0 radical (unpaired) electrons. The summed E-state index contributed by atoms with van der Waals surface area (Å²) in [5.74, 6) is 2.40. The van der Waals surface area contributed by atoms with Crippen LogP contribution in [0.5, 0.6) is 11.5 Å². The molecule has 0 spiro atoms. The molecule has 0 bridgehead atoms. The largest absolute Gasteiger partial charge is 0.493 e. The smallest absolute Gasteiger partial charge is 0.248 e. The lowest BCUT2D eigenvalue weighted by molar-refractivity contribution is 0.101. The zero-order chi connectivity index (χ0) is 24.5. The number of anilines is 3. The van der Waals surface area contributed by atoms with E-state index in [-0.39, 0.29) is 18.4 Å². The fourth-order valence-electron chi connectivity index (χ4n) is 4.49. The number of Topliss-reactive ketones (excluding diaryl/α,β-unsaturated/α-hetero) is 1. The van der Waals surface area contributed by atoms with Crippen LogP contribution in [0.4, 0.5) is 17.6 Å². The average molecular weight is 478 g/mol. The third-order valence-corrected chi connectivity index (χ3v) is 6.20. The van der Waals surface area contributed by atoms with Gasteiger partial charge in [0.15, 0.2) is 28.9 Å². The van der Waals surface area contributed by atoms with E-state index in [0.717, 1.165) is 30.7 Å². The third kappa shape index (κ3) is 4.14. The van der Waals surface area contributed by atoms with Gasteiger partial charge >= 0.3 is 0 Å². The first-order valence-electron chi connectivity index (χ1n) is 11.3. The first-order valence-corrected chi connectivity index (χ1v) is 11.3. The van der Waals surface area contributed by atoms with E-state index in [9.17, 15) is 9.90 Å². The van der Waals surface area contributed by atoms with E-state index >= 15 is 0 Å². The molecule has 182 valence electrons. The molecule has 0 aliphatic carbocycles. The second-order valence-electron chi connectivity index (χ2n) is 8.35. The van der Waals surface area contributed by atoms with Gasteiger partial charge in [-0.3, -0.25) is 4.79 Å². The SMILES string of the molecule is COc1cc(-n2cnc(Nc3nc(N4CCCC4CO)c4cccn4n3)c2)cc(C(C)=O)c1OC. The van der Waals surface area contributed by atoms with Crippen molar-refractivity contribution in [2.75, 3.05) is 37.6 Å². The summed E-state index contributed by atoms with van der Waals surface area (Å²) in [6, 6.07) is 7.43. The highest BCUT2D eigenvalue weighted by Gasteiger charge is 2.27. The van der Waals surface area contributed by atoms with Crippen LogP contribution in [-0.2, 0) is 0 Å². The van der Waals surface area contributed by atoms with E-state index in [1.165, 1.54) is 21.1 Å². The van der Waals surface area contributed by atoms with Gasteiger partial charge in [-0.25, -0.2) is 9.50 Å². The van der Waals surface area contributed by atoms with Crippen LogP contribution >= 0.6 is 0 Å². The molecule has 1 aliphatic rings. The lowest BCUT2D eigenvalue weighted by Crippen LogP contribution is -2.33. The van der Waals surface area contributed by atoms with Crippen LogP contribution in [0.2, 0.25) is 0 Å². The lowest BCUT2D eigenvalue weighted by atomic mass is 10.1. The molecule has 1 aliphatic heterocycles. The van der Waals surface area contributed by atoms with Crippen molar-refractivity contribution in [3.8, 4) is 17.2 Å². The van der Waals surface area contributed by atoms with Crippen molar-refractivity contribution in [2.45, 2.75) is 25.8 Å². The monoisotopic (exact) mass is 477 g/mol. The van der Waals surface area contributed by atoms with Crippen molar-refractivity contribution in [3.63, 3.8) is 0 Å². The number of nitrogens with zero attached hydrogens (tertiary/aromatic N) is 6. The Labute approximate surface area is 201 Å². The number of aliphatic hydroxyl groups excluding tert-OH is 1. The topological polar surface area (TPSA) is 119 Å². The summed E-state index contributed by atoms with van der Waals surface area (Å²) in [6.45, 7) is 2.39. The Morgan fingerprint density at radius 1 is 1.29 bits per heavy atom. The summed E-state index contributed by atoms with van der Waals surface area (Å²) < 4.78 is 14.4. The van der Waals surface area contributed by atoms with Crippen molar-refractivity contribution in [3.05, 3.63) is 48.5 Å². The molecule has 2 N–H and O–H groups in total. The summed E-state index contributed by atoms with van der Waals surface area (Å²) in [6.07, 6.45) is 7.20. The molecule has 11 heteroatoms. The number of methoxy groups -OCH3 is 2. The number of ketones is 1. The maximum atomic E-state index is 12.2. The molecule has 1 fully saturated rings. The van der Waals surface area contributed by atoms with Gasteiger partial charge in [-0.05, 0) is 38.0 Å². The molecule has 5 rings (SSSR count). The Hall–Kier alpha value is -4.12. The number of nitrogens with one attached hydrogen (secondary N) is 1. The van der Waals surface area contributed by atoms with Gasteiger partial charge < -0.3 is 29.4 Å². The number of carbonyl (C=O) groups is 1. The predicted octanol–water partition coefficient (Wildman–Crippen LogP) is 2.84. The van der Waals surface area contributed by atoms with Gasteiger partial charge in [-0.1, -0.05) is 0 Å². The number of hydrogen-bond donors (Lipinski definition) is 2. The minimum Gasteiger partial charge on any atom is -0.493 e. The van der Waals surface area contributed by atoms with Gasteiger partial charge in [-0.15, -0.1) is 5.10 Å². The second-order valence-corrected chi connectivity index (χ2v) is 8.35. The molecule has 1 saturated heterocycles. The first kappa shape index (κ1) is 22.7. The van der Waals surface area contributed by atoms with Gasteiger partial charge in [0.25, 0.3) is 0 Å². The lowest BCUT2D eigenvalue weighted by Gasteiger charge is -2.25. The zero-order valence-corrected chi connectivity index (χ0v) is 19.8. The van der Waals surface area contributed by atoms with E-state index in [1.807, 2.05) is 18.3 Å². The van der Waals surface area contributed by atoms with Gasteiger partial charge in [0, 0.05) is 18.8 Å². The molecule has 0 amide bonds. The van der Waals surface area contributed by atoms with Crippen LogP contribution < -0.4 is 19.7 Å². The number of imidazole rings is 1. The molecule has 1 atom stereocenters. The molecule has 4 heterocycles. The van der Waals surface area contributed by atoms with Crippen molar-refractivity contribution in [1.82, 2.24) is 24.1 Å². The van der Waals surface area contributed by atoms with E-state index in [0.29, 0.717) is 34.5 Å². The summed E-state index contributed by atoms with van der Waals surface area (Å²) in [5.41, 5.74) is 1.99. The normalized spacial score (nSPS) is 15.5. The van der Waals surface area contributed by atoms with E-state index in [2.05, 4.69) is 20.3 Å². The van der Waals surface area contributed by atoms with Crippen LogP contribution in [0.1, 0.15) is 30.1 Å². The molecule has 1 aromatic carbocycles. The Morgan fingerprint density at radius 2 is 2.14 bits per heavy atom. The zero-order valence-electron chi connectivity index (χ0n) is 19.8. The summed E-state index contributed by atoms with van der Waals surface area (Å²) in [7, 11) is 3.03. The van der Waals surface area contributed by atoms with E-state index in [1.54, 1.807) is 33.7 Å². The molecule has 35 heavy (non-hydrogen) atoms. The fraction of sp³-hybridized carbons (Fsp3) is 0.333. The third-order valence-electron chi connectivity index (χ3n) is 6.20. The van der Waals surface area contributed by atoms with Gasteiger partial charge in [0.2, 0.25) is 5.95 Å². The Kier molecular flexibility index (Phi) is 6.00. The van der Waals surface area contributed by atoms with Crippen molar-refractivity contribution < 1.29 is 19.4 Å². The van der Waals surface area contributed by atoms with Gasteiger partial charge in [-0.2, -0.15) is 4.98 Å². The van der Waals surface area contributed by atoms with Crippen LogP contribution in [0.15, 0.2) is 43.0 Å². The molecular formula is C24H27N7O4. The average Bonchev–Trinajstić information content (AvgIpc) is 3.63. The number of carbonyl (C=O) groups excluding carboxylic acids is 1. The van der Waals surface area contributed by atoms with E-state index < -0.39 is 0 Å². The van der Waals surface area contributed by atoms with Crippen LogP contribution in [-0.4, -0.2) is 68.5 Å². The quantitative estimate of drug-likeness (QED) is 0.369. The van der Waals surface area contributed by atoms with Crippen molar-refractivity contribution >= 4 is 28.9 Å². The highest BCUT2D eigenvalue weighted by molar-refractivity contribution is 5.98. The van der Waals surface area contributed by atoms with E-state index in [4.69, 9.17) is 14.5 Å². The predicted molar refractivity (Wildman–Crippen MR) is 130 cm³/mol. The first-order chi connectivity index (χ1) is 17.0. The molecule has 4 aromatic rings. The van der Waals surface area contributed by atoms with Gasteiger partial charge in [0.1, 0.15) is 11.8 Å². The number of aliphatic hydroxyl groups is 1. The number of aromatic nitrogens is 5. The highest BCUT2D eigenvalue weighted by Crippen LogP contribution is 2.35. The maximum Gasteiger partial charge on any atom is 0.248 e. The Bertz CT molecular complexity index is 1380. The fourth-order valence-corrected chi connectivity index (χ4v) is 4.49. The number of fused-ring (bicyclic) bond motifs is 1. The summed E-state index contributed by atoms with van der Waals surface area (Å²) >= 11 is 0. The molecule has 0 saturated carbocycles. The number of rotatable bonds is 8. The van der Waals surface area contributed by atoms with Crippen molar-refractivity contribution in [2.24, 2.45) is 0 Å². The standard InChI is InChI=1S/C24H27N7O4/c1-15(33)18-10-17(11-20(34-2)22(18)35-3)29-12-21(25-14-29)26-24-27-23(19-7-5-9-31(19)28-24)30-8-4-6-16(30)13-32/h5,7,9-12,14,16,32H,4,6,8,13H2,1-3H3,(H,26,28). The second kappa shape index (κ2) is 9.26. The number of ether oxygens (including phenoxy) is 2. The molecular weight excluding hydrogens is 450 g/mol. The molecule has 3 aromatic heterocycles. The Morgan fingerprint density at radius 3 is 2.89 bits per heavy atom. The number of hydrogen-bond acceptors (Lipinski definition) is 9. The Balaban J connectivity index is 1.47. The summed E-state index contributed by atoms with van der Waals surface area (Å²) in [4.78, 5) is 23.5. The molecule has 11 nitrogen and oxygen atoms in total. The minimum atomic E-state index is -0.135. The summed E-state index contributed by atoms with van der Waals surface area (Å²) in [5, 5.41) is 17.5. The number of benzene rings is 1. The van der Waals surface area contributed by atoms with Gasteiger partial charge in [0.05, 0.1) is 44.3 Å². The van der Waals surface area contributed by atoms with Crippen LogP contribution in [0.25, 0.3) is 11.2 Å². The van der Waals surface area contributed by atoms with Crippen LogP contribution in [0.3, 0.4) is 0 Å². The van der Waals surface area contributed by atoms with Crippen molar-refractivity contribution in [1.29, 1.82) is 0 Å². The minimum absolute atomic E-state index is 0.0381. The molecule has 1 unspecified atom stereocenters. The highest BCUT2D eigenvalue weighted by atomic mass is 16.5. The maximum absolute atomic E-state index is 12.2.